The molecule has 0 spiro atoms. The quantitative estimate of drug-likeness (QED) is 0.656. The molecule has 25 heavy (non-hydrogen) atoms. The van der Waals surface area contributed by atoms with Gasteiger partial charge in [-0.3, -0.25) is 4.90 Å². The van der Waals surface area contributed by atoms with Gasteiger partial charge in [-0.15, -0.1) is 0 Å². The molecule has 0 N–H and O–H groups in total. The van der Waals surface area contributed by atoms with E-state index in [1.165, 1.54) is 41.8 Å². The second-order valence-corrected chi connectivity index (χ2v) is 8.30. The predicted octanol–water partition coefficient (Wildman–Crippen LogP) is 5.54. The van der Waals surface area contributed by atoms with E-state index < -0.39 is 0 Å². The van der Waals surface area contributed by atoms with Crippen molar-refractivity contribution in [2.24, 2.45) is 11.8 Å². The molecule has 3 unspecified atom stereocenters. The van der Waals surface area contributed by atoms with Crippen molar-refractivity contribution in [3.05, 3.63) is 81.9 Å². The molecular weight excluding hydrogens is 326 g/mol. The summed E-state index contributed by atoms with van der Waals surface area (Å²) in [5, 5.41) is 0.859. The molecule has 0 aromatic heterocycles. The maximum atomic E-state index is 6.37. The third-order valence-electron chi connectivity index (χ3n) is 5.84. The number of rotatable bonds is 3. The van der Waals surface area contributed by atoms with Crippen molar-refractivity contribution >= 4 is 11.6 Å². The second kappa shape index (κ2) is 6.97. The van der Waals surface area contributed by atoms with E-state index in [2.05, 4.69) is 73.4 Å². The fraction of sp³-hybridized carbons (Fsp3) is 0.391. The monoisotopic (exact) mass is 351 g/mol. The summed E-state index contributed by atoms with van der Waals surface area (Å²) in [5.74, 6) is 1.88. The Morgan fingerprint density at radius 2 is 1.92 bits per heavy atom. The molecule has 0 saturated carbocycles. The van der Waals surface area contributed by atoms with Crippen LogP contribution >= 0.6 is 11.6 Å². The molecule has 1 heterocycles. The first-order valence-corrected chi connectivity index (χ1v) is 9.68. The zero-order chi connectivity index (χ0) is 17.4. The fourth-order valence-corrected chi connectivity index (χ4v) is 4.87. The van der Waals surface area contributed by atoms with Gasteiger partial charge in [-0.25, -0.2) is 0 Å². The van der Waals surface area contributed by atoms with Crippen molar-refractivity contribution in [3.8, 4) is 0 Å². The third kappa shape index (κ3) is 3.41. The molecule has 1 aliphatic carbocycles. The van der Waals surface area contributed by atoms with Gasteiger partial charge in [0.05, 0.1) is 0 Å². The van der Waals surface area contributed by atoms with E-state index >= 15 is 0 Å². The minimum absolute atomic E-state index is 0.463. The van der Waals surface area contributed by atoms with E-state index in [0.717, 1.165) is 17.5 Å². The highest BCUT2D eigenvalue weighted by Crippen LogP contribution is 2.47. The zero-order valence-electron chi connectivity index (χ0n) is 15.1. The Morgan fingerprint density at radius 1 is 1.12 bits per heavy atom. The van der Waals surface area contributed by atoms with Crippen molar-refractivity contribution in [1.29, 1.82) is 0 Å². The van der Waals surface area contributed by atoms with Gasteiger partial charge in [0.2, 0.25) is 0 Å². The topological polar surface area (TPSA) is 3.24 Å². The van der Waals surface area contributed by atoms with E-state index in [-0.39, 0.29) is 0 Å². The molecule has 1 saturated heterocycles. The summed E-state index contributed by atoms with van der Waals surface area (Å²) in [6, 6.07) is 17.5. The van der Waals surface area contributed by atoms with Gasteiger partial charge in [-0.1, -0.05) is 59.6 Å². The Labute approximate surface area is 156 Å². The Bertz CT molecular complexity index is 776. The van der Waals surface area contributed by atoms with Gasteiger partial charge in [0, 0.05) is 30.6 Å². The van der Waals surface area contributed by atoms with Gasteiger partial charge >= 0.3 is 0 Å². The van der Waals surface area contributed by atoms with Gasteiger partial charge < -0.3 is 0 Å². The lowest BCUT2D eigenvalue weighted by Crippen LogP contribution is -2.29. The van der Waals surface area contributed by atoms with Crippen molar-refractivity contribution in [3.63, 3.8) is 0 Å². The highest BCUT2D eigenvalue weighted by Gasteiger charge is 2.42. The van der Waals surface area contributed by atoms with Crippen molar-refractivity contribution < 1.29 is 0 Å². The molecule has 1 aliphatic heterocycles. The summed E-state index contributed by atoms with van der Waals surface area (Å²) in [5.41, 5.74) is 5.78. The van der Waals surface area contributed by atoms with E-state index in [9.17, 15) is 0 Å². The molecule has 0 bridgehead atoms. The average Bonchev–Trinajstić information content (AvgIpc) is 3.01. The van der Waals surface area contributed by atoms with Crippen LogP contribution < -0.4 is 0 Å². The third-order valence-corrected chi connectivity index (χ3v) is 6.07. The van der Waals surface area contributed by atoms with Crippen LogP contribution in [0.15, 0.2) is 60.2 Å². The van der Waals surface area contributed by atoms with Crippen LogP contribution in [0.4, 0.5) is 0 Å². The molecule has 3 atom stereocenters. The Morgan fingerprint density at radius 3 is 2.68 bits per heavy atom. The number of allylic oxidation sites excluding steroid dienone is 1. The van der Waals surface area contributed by atoms with E-state index in [1.807, 2.05) is 0 Å². The SMILES string of the molecule is CC(C)=CCN1CC2Cc3ccc(Cl)cc3C(c3ccccc3)C2C1. The maximum absolute atomic E-state index is 6.37. The van der Waals surface area contributed by atoms with E-state index in [4.69, 9.17) is 11.6 Å². The van der Waals surface area contributed by atoms with Crippen LogP contribution in [0.2, 0.25) is 5.02 Å². The number of nitrogens with zero attached hydrogens (tertiary/aromatic N) is 1. The lowest BCUT2D eigenvalue weighted by molar-refractivity contribution is 0.345. The summed E-state index contributed by atoms with van der Waals surface area (Å²) < 4.78 is 0. The molecule has 2 aromatic rings. The zero-order valence-corrected chi connectivity index (χ0v) is 15.8. The summed E-state index contributed by atoms with van der Waals surface area (Å²) in [4.78, 5) is 2.63. The highest BCUT2D eigenvalue weighted by molar-refractivity contribution is 6.30. The first-order chi connectivity index (χ1) is 12.1. The van der Waals surface area contributed by atoms with Gasteiger partial charge in [0.1, 0.15) is 0 Å². The Kier molecular flexibility index (Phi) is 4.71. The average molecular weight is 352 g/mol. The Balaban J connectivity index is 1.71. The van der Waals surface area contributed by atoms with Gasteiger partial charge in [-0.2, -0.15) is 0 Å². The molecular formula is C23H26ClN. The highest BCUT2D eigenvalue weighted by atomic mass is 35.5. The minimum Gasteiger partial charge on any atom is -0.299 e. The summed E-state index contributed by atoms with van der Waals surface area (Å²) in [6.45, 7) is 7.84. The first kappa shape index (κ1) is 16.9. The molecule has 1 fully saturated rings. The van der Waals surface area contributed by atoms with Crippen LogP contribution in [0.5, 0.6) is 0 Å². The van der Waals surface area contributed by atoms with Crippen LogP contribution in [0.1, 0.15) is 36.5 Å². The lowest BCUT2D eigenvalue weighted by Gasteiger charge is -2.36. The molecule has 2 heteroatoms. The summed E-state index contributed by atoms with van der Waals surface area (Å²) in [6.07, 6.45) is 3.55. The van der Waals surface area contributed by atoms with Crippen LogP contribution in [-0.2, 0) is 6.42 Å². The number of hydrogen-bond donors (Lipinski definition) is 0. The minimum atomic E-state index is 0.463. The molecule has 1 nitrogen and oxygen atoms in total. The predicted molar refractivity (Wildman–Crippen MR) is 106 cm³/mol. The summed E-state index contributed by atoms with van der Waals surface area (Å²) >= 11 is 6.37. The number of benzene rings is 2. The molecule has 4 rings (SSSR count). The van der Waals surface area contributed by atoms with Crippen molar-refractivity contribution in [2.45, 2.75) is 26.2 Å². The normalized spacial score (nSPS) is 25.3. The maximum Gasteiger partial charge on any atom is 0.0409 e. The van der Waals surface area contributed by atoms with Gasteiger partial charge in [0.15, 0.2) is 0 Å². The number of fused-ring (bicyclic) bond motifs is 2. The lowest BCUT2D eigenvalue weighted by atomic mass is 9.68. The van der Waals surface area contributed by atoms with Crippen molar-refractivity contribution in [1.82, 2.24) is 4.90 Å². The molecule has 0 amide bonds. The molecule has 0 radical (unpaired) electrons. The van der Waals surface area contributed by atoms with Crippen LogP contribution in [0.3, 0.4) is 0 Å². The molecule has 130 valence electrons. The standard InChI is InChI=1S/C23H26ClN/c1-16(2)10-11-25-14-19-12-18-8-9-20(24)13-21(18)23(22(19)15-25)17-6-4-3-5-7-17/h3-10,13,19,22-23H,11-12,14-15H2,1-2H3. The van der Waals surface area contributed by atoms with Crippen LogP contribution in [0, 0.1) is 11.8 Å². The molecule has 2 aromatic carbocycles. The second-order valence-electron chi connectivity index (χ2n) is 7.86. The Hall–Kier alpha value is -1.57. The van der Waals surface area contributed by atoms with E-state index in [1.54, 1.807) is 0 Å². The first-order valence-electron chi connectivity index (χ1n) is 9.31. The largest absolute Gasteiger partial charge is 0.299 e. The fourth-order valence-electron chi connectivity index (χ4n) is 4.68. The van der Waals surface area contributed by atoms with Crippen molar-refractivity contribution in [2.75, 3.05) is 19.6 Å². The van der Waals surface area contributed by atoms with Gasteiger partial charge in [-0.05, 0) is 60.9 Å². The number of halogens is 1. The number of likely N-dealkylation sites (tertiary alicyclic amines) is 1. The van der Waals surface area contributed by atoms with Crippen LogP contribution in [-0.4, -0.2) is 24.5 Å². The van der Waals surface area contributed by atoms with E-state index in [0.29, 0.717) is 11.8 Å². The summed E-state index contributed by atoms with van der Waals surface area (Å²) in [7, 11) is 0. The van der Waals surface area contributed by atoms with Gasteiger partial charge in [0.25, 0.3) is 0 Å². The number of hydrogen-bond acceptors (Lipinski definition) is 1. The molecule has 2 aliphatic rings. The smallest absolute Gasteiger partial charge is 0.0409 e. The van der Waals surface area contributed by atoms with Crippen LogP contribution in [0.25, 0.3) is 0 Å².